The lowest BCUT2D eigenvalue weighted by Crippen LogP contribution is -2.17. The molecule has 0 amide bonds. The van der Waals surface area contributed by atoms with Crippen LogP contribution in [0.2, 0.25) is 0 Å². The van der Waals surface area contributed by atoms with Crippen LogP contribution in [-0.2, 0) is 17.8 Å². The lowest BCUT2D eigenvalue weighted by atomic mass is 9.97. The SMILES string of the molecule is NCCc1ccccc1COC1CCCCC1. The van der Waals surface area contributed by atoms with E-state index in [1.54, 1.807) is 0 Å². The molecule has 0 heterocycles. The Balaban J connectivity index is 1.88. The van der Waals surface area contributed by atoms with Crippen molar-refractivity contribution < 1.29 is 4.74 Å². The van der Waals surface area contributed by atoms with Gasteiger partial charge in [-0.05, 0) is 36.9 Å². The first kappa shape index (κ1) is 12.6. The van der Waals surface area contributed by atoms with Gasteiger partial charge >= 0.3 is 0 Å². The minimum Gasteiger partial charge on any atom is -0.374 e. The minimum absolute atomic E-state index is 0.481. The van der Waals surface area contributed by atoms with E-state index in [1.807, 2.05) is 0 Å². The highest BCUT2D eigenvalue weighted by Crippen LogP contribution is 2.22. The van der Waals surface area contributed by atoms with Crippen LogP contribution in [0, 0.1) is 0 Å². The Morgan fingerprint density at radius 3 is 2.47 bits per heavy atom. The maximum Gasteiger partial charge on any atom is 0.0723 e. The molecular weight excluding hydrogens is 210 g/mol. The Hall–Kier alpha value is -0.860. The van der Waals surface area contributed by atoms with Gasteiger partial charge in [-0.3, -0.25) is 0 Å². The molecule has 17 heavy (non-hydrogen) atoms. The number of hydrogen-bond acceptors (Lipinski definition) is 2. The fraction of sp³-hybridized carbons (Fsp3) is 0.600. The molecule has 0 aromatic heterocycles. The van der Waals surface area contributed by atoms with Crippen molar-refractivity contribution in [1.82, 2.24) is 0 Å². The van der Waals surface area contributed by atoms with Crippen LogP contribution in [0.3, 0.4) is 0 Å². The summed E-state index contributed by atoms with van der Waals surface area (Å²) in [4.78, 5) is 0. The molecule has 2 nitrogen and oxygen atoms in total. The van der Waals surface area contributed by atoms with E-state index < -0.39 is 0 Å². The van der Waals surface area contributed by atoms with Gasteiger partial charge in [-0.2, -0.15) is 0 Å². The third-order valence-corrected chi connectivity index (χ3v) is 3.56. The predicted molar refractivity (Wildman–Crippen MR) is 70.9 cm³/mol. The monoisotopic (exact) mass is 233 g/mol. The Bertz CT molecular complexity index is 331. The van der Waals surface area contributed by atoms with E-state index in [-0.39, 0.29) is 0 Å². The van der Waals surface area contributed by atoms with E-state index in [0.717, 1.165) is 13.0 Å². The third-order valence-electron chi connectivity index (χ3n) is 3.56. The van der Waals surface area contributed by atoms with Crippen molar-refractivity contribution in [3.05, 3.63) is 35.4 Å². The number of ether oxygens (including phenoxy) is 1. The molecule has 0 bridgehead atoms. The van der Waals surface area contributed by atoms with Gasteiger partial charge in [-0.25, -0.2) is 0 Å². The molecule has 1 aromatic rings. The zero-order chi connectivity index (χ0) is 11.9. The fourth-order valence-electron chi connectivity index (χ4n) is 2.54. The van der Waals surface area contributed by atoms with E-state index in [1.165, 1.54) is 43.2 Å². The standard InChI is InChI=1S/C15H23NO/c16-11-10-13-6-4-5-7-14(13)12-17-15-8-2-1-3-9-15/h4-7,15H,1-3,8-12,16H2. The van der Waals surface area contributed by atoms with Gasteiger partial charge in [0.25, 0.3) is 0 Å². The van der Waals surface area contributed by atoms with Crippen LogP contribution in [0.5, 0.6) is 0 Å². The van der Waals surface area contributed by atoms with Gasteiger partial charge in [0, 0.05) is 0 Å². The van der Waals surface area contributed by atoms with Gasteiger partial charge in [0.1, 0.15) is 0 Å². The predicted octanol–water partition coefficient (Wildman–Crippen LogP) is 3.04. The van der Waals surface area contributed by atoms with Crippen LogP contribution in [0.25, 0.3) is 0 Å². The van der Waals surface area contributed by atoms with E-state index in [4.69, 9.17) is 10.5 Å². The van der Waals surface area contributed by atoms with E-state index in [0.29, 0.717) is 12.6 Å². The first-order valence-corrected chi connectivity index (χ1v) is 6.78. The molecule has 94 valence electrons. The van der Waals surface area contributed by atoms with E-state index in [2.05, 4.69) is 24.3 Å². The third kappa shape index (κ3) is 3.83. The molecule has 2 heteroatoms. The summed E-state index contributed by atoms with van der Waals surface area (Å²) in [5, 5.41) is 0. The van der Waals surface area contributed by atoms with Gasteiger partial charge in [0.15, 0.2) is 0 Å². The zero-order valence-electron chi connectivity index (χ0n) is 10.5. The lowest BCUT2D eigenvalue weighted by Gasteiger charge is -2.22. The summed E-state index contributed by atoms with van der Waals surface area (Å²) < 4.78 is 6.02. The van der Waals surface area contributed by atoms with Crippen molar-refractivity contribution >= 4 is 0 Å². The molecule has 2 rings (SSSR count). The van der Waals surface area contributed by atoms with Crippen LogP contribution in [0.4, 0.5) is 0 Å². The largest absolute Gasteiger partial charge is 0.374 e. The maximum absolute atomic E-state index is 6.02. The molecule has 1 aliphatic rings. The number of rotatable bonds is 5. The quantitative estimate of drug-likeness (QED) is 0.848. The van der Waals surface area contributed by atoms with Gasteiger partial charge in [0.2, 0.25) is 0 Å². The van der Waals surface area contributed by atoms with Crippen molar-refractivity contribution in [2.45, 2.75) is 51.2 Å². The minimum atomic E-state index is 0.481. The Kier molecular flexibility index (Phi) is 5.02. The van der Waals surface area contributed by atoms with Gasteiger partial charge in [-0.1, -0.05) is 43.5 Å². The van der Waals surface area contributed by atoms with Crippen LogP contribution in [0.15, 0.2) is 24.3 Å². The van der Waals surface area contributed by atoms with Crippen molar-refractivity contribution in [2.24, 2.45) is 5.73 Å². The fourth-order valence-corrected chi connectivity index (χ4v) is 2.54. The molecule has 2 N–H and O–H groups in total. The molecule has 0 aliphatic heterocycles. The second-order valence-electron chi connectivity index (χ2n) is 4.88. The Labute approximate surface area is 104 Å². The van der Waals surface area contributed by atoms with E-state index >= 15 is 0 Å². The molecule has 1 aliphatic carbocycles. The van der Waals surface area contributed by atoms with Gasteiger partial charge in [0.05, 0.1) is 12.7 Å². The second kappa shape index (κ2) is 6.77. The summed E-state index contributed by atoms with van der Waals surface area (Å²) in [6.07, 6.45) is 7.94. The summed E-state index contributed by atoms with van der Waals surface area (Å²) >= 11 is 0. The average Bonchev–Trinajstić information content (AvgIpc) is 2.39. The van der Waals surface area contributed by atoms with Gasteiger partial charge < -0.3 is 10.5 Å². The smallest absolute Gasteiger partial charge is 0.0723 e. The normalized spacial score (nSPS) is 17.2. The highest BCUT2D eigenvalue weighted by Gasteiger charge is 2.14. The Morgan fingerprint density at radius 2 is 1.76 bits per heavy atom. The highest BCUT2D eigenvalue weighted by atomic mass is 16.5. The summed E-state index contributed by atoms with van der Waals surface area (Å²) in [5.74, 6) is 0. The van der Waals surface area contributed by atoms with E-state index in [9.17, 15) is 0 Å². The highest BCUT2D eigenvalue weighted by molar-refractivity contribution is 5.26. The molecule has 1 saturated carbocycles. The summed E-state index contributed by atoms with van der Waals surface area (Å²) in [6.45, 7) is 1.46. The second-order valence-corrected chi connectivity index (χ2v) is 4.88. The molecule has 0 radical (unpaired) electrons. The zero-order valence-corrected chi connectivity index (χ0v) is 10.5. The number of hydrogen-bond donors (Lipinski definition) is 1. The molecule has 1 aromatic carbocycles. The molecule has 1 fully saturated rings. The lowest BCUT2D eigenvalue weighted by molar-refractivity contribution is 0.0165. The Morgan fingerprint density at radius 1 is 1.06 bits per heavy atom. The van der Waals surface area contributed by atoms with Crippen LogP contribution in [-0.4, -0.2) is 12.6 Å². The molecule has 0 unspecified atom stereocenters. The first-order valence-electron chi connectivity index (χ1n) is 6.78. The number of benzene rings is 1. The average molecular weight is 233 g/mol. The molecule has 0 atom stereocenters. The molecule has 0 saturated heterocycles. The summed E-state index contributed by atoms with van der Waals surface area (Å²) in [7, 11) is 0. The van der Waals surface area contributed by atoms with Crippen molar-refractivity contribution in [3.8, 4) is 0 Å². The van der Waals surface area contributed by atoms with Crippen LogP contribution >= 0.6 is 0 Å². The topological polar surface area (TPSA) is 35.2 Å². The first-order chi connectivity index (χ1) is 8.40. The maximum atomic E-state index is 6.02. The van der Waals surface area contributed by atoms with Gasteiger partial charge in [-0.15, -0.1) is 0 Å². The molecule has 0 spiro atoms. The summed E-state index contributed by atoms with van der Waals surface area (Å²) in [6, 6.07) is 8.48. The van der Waals surface area contributed by atoms with Crippen molar-refractivity contribution in [2.75, 3.05) is 6.54 Å². The summed E-state index contributed by atoms with van der Waals surface area (Å²) in [5.41, 5.74) is 8.28. The van der Waals surface area contributed by atoms with Crippen LogP contribution in [0.1, 0.15) is 43.2 Å². The van der Waals surface area contributed by atoms with Crippen molar-refractivity contribution in [1.29, 1.82) is 0 Å². The molecular formula is C15H23NO. The van der Waals surface area contributed by atoms with Crippen molar-refractivity contribution in [3.63, 3.8) is 0 Å². The van der Waals surface area contributed by atoms with Crippen LogP contribution < -0.4 is 5.73 Å². The number of nitrogens with two attached hydrogens (primary N) is 1.